The van der Waals surface area contributed by atoms with Gasteiger partial charge < -0.3 is 9.47 Å². The molecule has 0 N–H and O–H groups in total. The van der Waals surface area contributed by atoms with Crippen molar-refractivity contribution in [3.8, 4) is 5.75 Å². The fourth-order valence-corrected chi connectivity index (χ4v) is 1.34. The van der Waals surface area contributed by atoms with Crippen LogP contribution < -0.4 is 4.74 Å². The molecule has 1 aromatic rings. The molecule has 0 radical (unpaired) electrons. The van der Waals surface area contributed by atoms with Crippen LogP contribution in [-0.4, -0.2) is 19.8 Å². The summed E-state index contributed by atoms with van der Waals surface area (Å²) in [6.07, 6.45) is 0.793. The Bertz CT molecular complexity index is 308. The molecule has 13 heavy (non-hydrogen) atoms. The molecule has 0 aromatic heterocycles. The molecule has 0 spiro atoms. The first kappa shape index (κ1) is 8.51. The second kappa shape index (κ2) is 3.34. The molecule has 1 heterocycles. The van der Waals surface area contributed by atoms with Crippen LogP contribution in [0.25, 0.3) is 0 Å². The van der Waals surface area contributed by atoms with E-state index in [0.717, 1.165) is 6.61 Å². The summed E-state index contributed by atoms with van der Waals surface area (Å²) in [6.45, 7) is 0.734. The van der Waals surface area contributed by atoms with Crippen molar-refractivity contribution in [2.24, 2.45) is 0 Å². The van der Waals surface area contributed by atoms with Gasteiger partial charge in [0, 0.05) is 12.0 Å². The van der Waals surface area contributed by atoms with Crippen LogP contribution in [0.15, 0.2) is 18.2 Å². The predicted octanol–water partition coefficient (Wildman–Crippen LogP) is 1.78. The van der Waals surface area contributed by atoms with E-state index in [-0.39, 0.29) is 11.9 Å². The monoisotopic (exact) mass is 182 g/mol. The Labute approximate surface area is 76.3 Å². The van der Waals surface area contributed by atoms with Crippen molar-refractivity contribution in [3.63, 3.8) is 0 Å². The number of epoxide rings is 1. The maximum absolute atomic E-state index is 13.3. The molecular formula is C10H11FO2. The molecule has 1 saturated heterocycles. The highest BCUT2D eigenvalue weighted by Crippen LogP contribution is 2.26. The Hall–Kier alpha value is -1.09. The summed E-state index contributed by atoms with van der Waals surface area (Å²) >= 11 is 0. The lowest BCUT2D eigenvalue weighted by Gasteiger charge is -2.07. The van der Waals surface area contributed by atoms with Crippen molar-refractivity contribution >= 4 is 0 Å². The highest BCUT2D eigenvalue weighted by atomic mass is 19.1. The number of methoxy groups -OCH3 is 1. The largest absolute Gasteiger partial charge is 0.496 e. The zero-order chi connectivity index (χ0) is 9.26. The molecular weight excluding hydrogens is 171 g/mol. The van der Waals surface area contributed by atoms with E-state index in [0.29, 0.717) is 17.7 Å². The van der Waals surface area contributed by atoms with Crippen LogP contribution in [0.4, 0.5) is 4.39 Å². The van der Waals surface area contributed by atoms with Gasteiger partial charge in [0.2, 0.25) is 0 Å². The van der Waals surface area contributed by atoms with Crippen LogP contribution >= 0.6 is 0 Å². The minimum Gasteiger partial charge on any atom is -0.496 e. The topological polar surface area (TPSA) is 21.8 Å². The van der Waals surface area contributed by atoms with E-state index in [1.54, 1.807) is 19.2 Å². The highest BCUT2D eigenvalue weighted by Gasteiger charge is 2.25. The highest BCUT2D eigenvalue weighted by molar-refractivity contribution is 5.35. The normalized spacial score (nSPS) is 20.0. The Morgan fingerprint density at radius 3 is 3.00 bits per heavy atom. The van der Waals surface area contributed by atoms with Crippen LogP contribution in [0, 0.1) is 5.82 Å². The molecule has 1 unspecified atom stereocenters. The van der Waals surface area contributed by atoms with E-state index < -0.39 is 0 Å². The number of hydrogen-bond acceptors (Lipinski definition) is 2. The predicted molar refractivity (Wildman–Crippen MR) is 46.4 cm³/mol. The van der Waals surface area contributed by atoms with Gasteiger partial charge in [-0.3, -0.25) is 0 Å². The molecule has 3 heteroatoms. The first-order chi connectivity index (χ1) is 6.31. The van der Waals surface area contributed by atoms with Crippen molar-refractivity contribution in [3.05, 3.63) is 29.6 Å². The standard InChI is InChI=1S/C10H11FO2/c1-12-10-4-2-3-9(11)8(10)5-7-6-13-7/h2-4,7H,5-6H2,1H3. The van der Waals surface area contributed by atoms with Crippen LogP contribution in [0.1, 0.15) is 5.56 Å². The Kier molecular flexibility index (Phi) is 2.19. The lowest BCUT2D eigenvalue weighted by Crippen LogP contribution is -2.00. The number of benzene rings is 1. The third-order valence-electron chi connectivity index (χ3n) is 2.13. The molecule has 1 aliphatic rings. The number of rotatable bonds is 3. The number of hydrogen-bond donors (Lipinski definition) is 0. The number of ether oxygens (including phenoxy) is 2. The van der Waals surface area contributed by atoms with E-state index in [9.17, 15) is 4.39 Å². The second-order valence-corrected chi connectivity index (χ2v) is 3.08. The lowest BCUT2D eigenvalue weighted by molar-refractivity contribution is 0.384. The summed E-state index contributed by atoms with van der Waals surface area (Å²) in [6, 6.07) is 4.85. The summed E-state index contributed by atoms with van der Waals surface area (Å²) in [5.74, 6) is 0.394. The summed E-state index contributed by atoms with van der Waals surface area (Å²) in [7, 11) is 1.55. The SMILES string of the molecule is COc1cccc(F)c1CC1CO1. The molecule has 1 fully saturated rings. The van der Waals surface area contributed by atoms with Crippen molar-refractivity contribution in [1.82, 2.24) is 0 Å². The molecule has 0 bridgehead atoms. The van der Waals surface area contributed by atoms with Gasteiger partial charge >= 0.3 is 0 Å². The van der Waals surface area contributed by atoms with Crippen molar-refractivity contribution in [2.45, 2.75) is 12.5 Å². The van der Waals surface area contributed by atoms with Crippen molar-refractivity contribution in [2.75, 3.05) is 13.7 Å². The Balaban J connectivity index is 2.27. The van der Waals surface area contributed by atoms with Gasteiger partial charge in [-0.15, -0.1) is 0 Å². The van der Waals surface area contributed by atoms with Crippen LogP contribution in [0.2, 0.25) is 0 Å². The minimum atomic E-state index is -0.213. The quantitative estimate of drug-likeness (QED) is 0.664. The van der Waals surface area contributed by atoms with Crippen LogP contribution in [-0.2, 0) is 11.2 Å². The lowest BCUT2D eigenvalue weighted by atomic mass is 10.1. The fourth-order valence-electron chi connectivity index (χ4n) is 1.34. The first-order valence-corrected chi connectivity index (χ1v) is 4.24. The van der Waals surface area contributed by atoms with Gasteiger partial charge in [0.1, 0.15) is 11.6 Å². The molecule has 1 aromatic carbocycles. The Morgan fingerprint density at radius 1 is 1.62 bits per heavy atom. The average molecular weight is 182 g/mol. The third-order valence-corrected chi connectivity index (χ3v) is 2.13. The van der Waals surface area contributed by atoms with Gasteiger partial charge in [-0.1, -0.05) is 6.07 Å². The molecule has 2 nitrogen and oxygen atoms in total. The van der Waals surface area contributed by atoms with Crippen LogP contribution in [0.5, 0.6) is 5.75 Å². The van der Waals surface area contributed by atoms with Gasteiger partial charge in [-0.05, 0) is 12.1 Å². The summed E-state index contributed by atoms with van der Waals surface area (Å²) in [4.78, 5) is 0. The van der Waals surface area contributed by atoms with Gasteiger partial charge in [-0.2, -0.15) is 0 Å². The Morgan fingerprint density at radius 2 is 2.38 bits per heavy atom. The zero-order valence-corrected chi connectivity index (χ0v) is 7.42. The first-order valence-electron chi connectivity index (χ1n) is 4.24. The molecule has 0 aliphatic carbocycles. The molecule has 0 saturated carbocycles. The second-order valence-electron chi connectivity index (χ2n) is 3.08. The summed E-state index contributed by atoms with van der Waals surface area (Å²) in [5.41, 5.74) is 0.618. The molecule has 1 atom stereocenters. The van der Waals surface area contributed by atoms with E-state index in [4.69, 9.17) is 9.47 Å². The zero-order valence-electron chi connectivity index (χ0n) is 7.42. The molecule has 1 aliphatic heterocycles. The maximum Gasteiger partial charge on any atom is 0.130 e. The number of halogens is 1. The molecule has 2 rings (SSSR count). The van der Waals surface area contributed by atoms with E-state index in [2.05, 4.69) is 0 Å². The fraction of sp³-hybridized carbons (Fsp3) is 0.400. The third kappa shape index (κ3) is 1.80. The van der Waals surface area contributed by atoms with Crippen molar-refractivity contribution in [1.29, 1.82) is 0 Å². The molecule has 0 amide bonds. The van der Waals surface area contributed by atoms with Gasteiger partial charge in [0.05, 0.1) is 19.8 Å². The molecule has 70 valence electrons. The van der Waals surface area contributed by atoms with Crippen LogP contribution in [0.3, 0.4) is 0 Å². The smallest absolute Gasteiger partial charge is 0.130 e. The van der Waals surface area contributed by atoms with E-state index in [1.807, 2.05) is 0 Å². The van der Waals surface area contributed by atoms with Gasteiger partial charge in [-0.25, -0.2) is 4.39 Å². The maximum atomic E-state index is 13.3. The minimum absolute atomic E-state index is 0.186. The van der Waals surface area contributed by atoms with Gasteiger partial charge in [0.25, 0.3) is 0 Å². The van der Waals surface area contributed by atoms with Gasteiger partial charge in [0.15, 0.2) is 0 Å². The summed E-state index contributed by atoms with van der Waals surface area (Å²) < 4.78 is 23.4. The van der Waals surface area contributed by atoms with Crippen molar-refractivity contribution < 1.29 is 13.9 Å². The average Bonchev–Trinajstić information content (AvgIpc) is 2.92. The van der Waals surface area contributed by atoms with E-state index >= 15 is 0 Å². The summed E-state index contributed by atoms with van der Waals surface area (Å²) in [5, 5.41) is 0. The van der Waals surface area contributed by atoms with E-state index in [1.165, 1.54) is 6.07 Å².